The van der Waals surface area contributed by atoms with Gasteiger partial charge in [-0.1, -0.05) is 12.1 Å². The molecule has 9 heteroatoms. The summed E-state index contributed by atoms with van der Waals surface area (Å²) in [6.45, 7) is 1.40. The first-order valence-corrected chi connectivity index (χ1v) is 8.63. The second-order valence-electron chi connectivity index (χ2n) is 4.96. The maximum Gasteiger partial charge on any atom is 0.254 e. The molecule has 1 aromatic rings. The highest BCUT2D eigenvalue weighted by Crippen LogP contribution is 2.07. The minimum absolute atomic E-state index is 0.313. The van der Waals surface area contributed by atoms with Crippen molar-refractivity contribution in [2.24, 2.45) is 0 Å². The summed E-state index contributed by atoms with van der Waals surface area (Å²) in [4.78, 5) is 24.0. The molecule has 0 bridgehead atoms. The van der Waals surface area contributed by atoms with Crippen molar-refractivity contribution in [2.75, 3.05) is 12.0 Å². The molecule has 0 saturated carbocycles. The first-order chi connectivity index (χ1) is 10.6. The summed E-state index contributed by atoms with van der Waals surface area (Å²) in [5, 5.41) is 13.1. The van der Waals surface area contributed by atoms with Crippen molar-refractivity contribution in [2.45, 2.75) is 19.0 Å². The topological polar surface area (TPSA) is 116 Å². The van der Waals surface area contributed by atoms with E-state index in [1.807, 2.05) is 0 Å². The van der Waals surface area contributed by atoms with Gasteiger partial charge in [0.25, 0.3) is 5.91 Å². The summed E-state index contributed by atoms with van der Waals surface area (Å²) in [6.07, 6.45) is 0.899. The Kier molecular flexibility index (Phi) is 6.21. The van der Waals surface area contributed by atoms with Crippen molar-refractivity contribution in [1.29, 1.82) is 5.26 Å². The zero-order valence-electron chi connectivity index (χ0n) is 12.5. The summed E-state index contributed by atoms with van der Waals surface area (Å²) < 4.78 is 36.4. The van der Waals surface area contributed by atoms with Gasteiger partial charge in [-0.05, 0) is 19.1 Å². The van der Waals surface area contributed by atoms with E-state index in [1.165, 1.54) is 25.1 Å². The molecule has 0 aliphatic heterocycles. The molecule has 2 atom stereocenters. The van der Waals surface area contributed by atoms with Gasteiger partial charge >= 0.3 is 0 Å². The number of benzene rings is 1. The monoisotopic (exact) mass is 341 g/mol. The molecular weight excluding hydrogens is 325 g/mol. The Morgan fingerprint density at radius 3 is 2.43 bits per heavy atom. The number of nitrogens with zero attached hydrogens (tertiary/aromatic N) is 1. The maximum absolute atomic E-state index is 13.6. The second-order valence-corrected chi connectivity index (χ2v) is 7.14. The fourth-order valence-electron chi connectivity index (χ4n) is 1.71. The number of carbonyl (C=O) groups is 2. The molecule has 23 heavy (non-hydrogen) atoms. The van der Waals surface area contributed by atoms with Crippen LogP contribution in [0.1, 0.15) is 17.3 Å². The van der Waals surface area contributed by atoms with Crippen LogP contribution in [0.15, 0.2) is 24.3 Å². The predicted octanol–water partition coefficient (Wildman–Crippen LogP) is -0.00302. The smallest absolute Gasteiger partial charge is 0.254 e. The lowest BCUT2D eigenvalue weighted by molar-refractivity contribution is -0.122. The van der Waals surface area contributed by atoms with Crippen LogP contribution in [0.5, 0.6) is 0 Å². The standard InChI is InChI=1S/C14H16FN3O4S/c1-9(7-16)17-14(20)12(8-23(2,21)22)18-13(19)10-5-3-4-6-11(10)15/h3-6,9,12H,8H2,1-2H3,(H,17,20)(H,18,19). The van der Waals surface area contributed by atoms with Crippen molar-refractivity contribution >= 4 is 21.7 Å². The van der Waals surface area contributed by atoms with Crippen LogP contribution in [0.4, 0.5) is 4.39 Å². The van der Waals surface area contributed by atoms with Gasteiger partial charge < -0.3 is 10.6 Å². The summed E-state index contributed by atoms with van der Waals surface area (Å²) in [5.74, 6) is -3.23. The molecule has 0 aromatic heterocycles. The molecule has 0 heterocycles. The third-order valence-corrected chi connectivity index (χ3v) is 3.70. The molecule has 7 nitrogen and oxygen atoms in total. The molecule has 0 aliphatic carbocycles. The Balaban J connectivity index is 2.97. The Bertz CT molecular complexity index is 743. The van der Waals surface area contributed by atoms with Gasteiger partial charge in [0, 0.05) is 6.26 Å². The normalized spacial score (nSPS) is 13.5. The molecule has 0 saturated heterocycles. The van der Waals surface area contributed by atoms with Crippen LogP contribution in [0.3, 0.4) is 0 Å². The number of hydrogen-bond donors (Lipinski definition) is 2. The Morgan fingerprint density at radius 1 is 1.30 bits per heavy atom. The van der Waals surface area contributed by atoms with Crippen LogP contribution in [0.2, 0.25) is 0 Å². The van der Waals surface area contributed by atoms with E-state index < -0.39 is 45.3 Å². The van der Waals surface area contributed by atoms with E-state index in [0.29, 0.717) is 0 Å². The molecule has 2 amide bonds. The predicted molar refractivity (Wildman–Crippen MR) is 80.6 cm³/mol. The highest BCUT2D eigenvalue weighted by Gasteiger charge is 2.27. The van der Waals surface area contributed by atoms with E-state index >= 15 is 0 Å². The van der Waals surface area contributed by atoms with Gasteiger partial charge in [0.2, 0.25) is 5.91 Å². The molecule has 1 rings (SSSR count). The van der Waals surface area contributed by atoms with Crippen LogP contribution >= 0.6 is 0 Å². The molecule has 0 fully saturated rings. The number of halogens is 1. The fraction of sp³-hybridized carbons (Fsp3) is 0.357. The van der Waals surface area contributed by atoms with Gasteiger partial charge in [0.15, 0.2) is 0 Å². The zero-order valence-corrected chi connectivity index (χ0v) is 13.4. The summed E-state index contributed by atoms with van der Waals surface area (Å²) in [6, 6.07) is 4.55. The second kappa shape index (κ2) is 7.69. The lowest BCUT2D eigenvalue weighted by Gasteiger charge is -2.18. The third kappa shape index (κ3) is 6.04. The number of nitriles is 1. The highest BCUT2D eigenvalue weighted by molar-refractivity contribution is 7.90. The van der Waals surface area contributed by atoms with E-state index in [1.54, 1.807) is 6.07 Å². The molecule has 0 radical (unpaired) electrons. The highest BCUT2D eigenvalue weighted by atomic mass is 32.2. The number of nitrogens with one attached hydrogen (secondary N) is 2. The minimum atomic E-state index is -3.60. The van der Waals surface area contributed by atoms with Gasteiger partial charge in [-0.25, -0.2) is 12.8 Å². The van der Waals surface area contributed by atoms with E-state index in [0.717, 1.165) is 12.3 Å². The Hall–Kier alpha value is -2.47. The van der Waals surface area contributed by atoms with Crippen molar-refractivity contribution in [3.8, 4) is 6.07 Å². The van der Waals surface area contributed by atoms with Crippen LogP contribution in [-0.2, 0) is 14.6 Å². The molecule has 0 spiro atoms. The number of carbonyl (C=O) groups excluding carboxylic acids is 2. The van der Waals surface area contributed by atoms with Crippen molar-refractivity contribution in [3.63, 3.8) is 0 Å². The average molecular weight is 341 g/mol. The third-order valence-electron chi connectivity index (χ3n) is 2.76. The molecule has 2 N–H and O–H groups in total. The lowest BCUT2D eigenvalue weighted by Crippen LogP contribution is -2.52. The van der Waals surface area contributed by atoms with Crippen molar-refractivity contribution in [1.82, 2.24) is 10.6 Å². The van der Waals surface area contributed by atoms with E-state index in [9.17, 15) is 22.4 Å². The van der Waals surface area contributed by atoms with E-state index in [2.05, 4.69) is 10.6 Å². The lowest BCUT2D eigenvalue weighted by atomic mass is 10.2. The first kappa shape index (κ1) is 18.6. The van der Waals surface area contributed by atoms with Gasteiger partial charge in [-0.2, -0.15) is 5.26 Å². The minimum Gasteiger partial charge on any atom is -0.339 e. The maximum atomic E-state index is 13.6. The van der Waals surface area contributed by atoms with Gasteiger partial charge in [-0.15, -0.1) is 0 Å². The summed E-state index contributed by atoms with van der Waals surface area (Å²) >= 11 is 0. The Morgan fingerprint density at radius 2 is 1.91 bits per heavy atom. The van der Waals surface area contributed by atoms with E-state index in [-0.39, 0.29) is 5.56 Å². The molecule has 2 unspecified atom stereocenters. The number of sulfone groups is 1. The SMILES string of the molecule is CC(C#N)NC(=O)C(CS(C)(=O)=O)NC(=O)c1ccccc1F. The number of hydrogen-bond acceptors (Lipinski definition) is 5. The quantitative estimate of drug-likeness (QED) is 0.755. The molecular formula is C14H16FN3O4S. The number of rotatable bonds is 6. The summed E-state index contributed by atoms with van der Waals surface area (Å²) in [7, 11) is -3.60. The van der Waals surface area contributed by atoms with Gasteiger partial charge in [-0.3, -0.25) is 9.59 Å². The Labute approximate surface area is 133 Å². The van der Waals surface area contributed by atoms with Crippen LogP contribution in [0.25, 0.3) is 0 Å². The first-order valence-electron chi connectivity index (χ1n) is 6.57. The largest absolute Gasteiger partial charge is 0.339 e. The average Bonchev–Trinajstić information content (AvgIpc) is 2.45. The van der Waals surface area contributed by atoms with Gasteiger partial charge in [0.1, 0.15) is 27.7 Å². The van der Waals surface area contributed by atoms with Crippen LogP contribution in [-0.4, -0.2) is 44.3 Å². The van der Waals surface area contributed by atoms with Gasteiger partial charge in [0.05, 0.1) is 17.4 Å². The molecule has 1 aromatic carbocycles. The zero-order chi connectivity index (χ0) is 17.6. The van der Waals surface area contributed by atoms with E-state index in [4.69, 9.17) is 5.26 Å². The van der Waals surface area contributed by atoms with Crippen molar-refractivity contribution in [3.05, 3.63) is 35.6 Å². The number of amides is 2. The molecule has 0 aliphatic rings. The molecule has 124 valence electrons. The fourth-order valence-corrected chi connectivity index (χ4v) is 2.55. The van der Waals surface area contributed by atoms with Crippen molar-refractivity contribution < 1.29 is 22.4 Å². The van der Waals surface area contributed by atoms with Crippen LogP contribution in [0, 0.1) is 17.1 Å². The van der Waals surface area contributed by atoms with Crippen LogP contribution < -0.4 is 10.6 Å². The summed E-state index contributed by atoms with van der Waals surface area (Å²) in [5.41, 5.74) is -0.313.